The van der Waals surface area contributed by atoms with Crippen LogP contribution in [0.4, 0.5) is 4.79 Å². The highest BCUT2D eigenvalue weighted by atomic mass is 28.3. The highest BCUT2D eigenvalue weighted by molar-refractivity contribution is 6.76. The van der Waals surface area contributed by atoms with Crippen LogP contribution in [0.2, 0.25) is 25.7 Å². The van der Waals surface area contributed by atoms with Gasteiger partial charge in [0.2, 0.25) is 0 Å². The van der Waals surface area contributed by atoms with Crippen molar-refractivity contribution in [1.29, 1.82) is 0 Å². The fourth-order valence-electron chi connectivity index (χ4n) is 1.68. The molecule has 0 fully saturated rings. The summed E-state index contributed by atoms with van der Waals surface area (Å²) >= 11 is 0. The molecule has 5 nitrogen and oxygen atoms in total. The third-order valence-corrected chi connectivity index (χ3v) is 4.88. The van der Waals surface area contributed by atoms with Crippen LogP contribution in [0.1, 0.15) is 26.7 Å². The number of amides is 1. The SMILES string of the molecule is COC(C)(C)C[C@@H](N)CCNC(=O)OCC[Si](C)(C)C. The van der Waals surface area contributed by atoms with Crippen molar-refractivity contribution in [2.24, 2.45) is 5.73 Å². The molecule has 1 amide bonds. The summed E-state index contributed by atoms with van der Waals surface area (Å²) in [7, 11) is 0.538. The van der Waals surface area contributed by atoms with Gasteiger partial charge in [-0.15, -0.1) is 0 Å². The van der Waals surface area contributed by atoms with Crippen LogP contribution in [0.5, 0.6) is 0 Å². The molecule has 0 aromatic heterocycles. The molecule has 120 valence electrons. The summed E-state index contributed by atoms with van der Waals surface area (Å²) in [6.45, 7) is 11.8. The fourth-order valence-corrected chi connectivity index (χ4v) is 2.39. The minimum Gasteiger partial charge on any atom is -0.450 e. The van der Waals surface area contributed by atoms with Crippen LogP contribution in [0.3, 0.4) is 0 Å². The first-order chi connectivity index (χ1) is 9.06. The van der Waals surface area contributed by atoms with Crippen molar-refractivity contribution in [3.05, 3.63) is 0 Å². The fraction of sp³-hybridized carbons (Fsp3) is 0.929. The first kappa shape index (κ1) is 19.4. The molecule has 0 saturated heterocycles. The highest BCUT2D eigenvalue weighted by Crippen LogP contribution is 2.15. The average Bonchev–Trinajstić information content (AvgIpc) is 2.26. The van der Waals surface area contributed by atoms with Gasteiger partial charge in [-0.05, 0) is 32.7 Å². The van der Waals surface area contributed by atoms with Crippen LogP contribution in [-0.2, 0) is 9.47 Å². The van der Waals surface area contributed by atoms with Crippen molar-refractivity contribution < 1.29 is 14.3 Å². The zero-order valence-corrected chi connectivity index (χ0v) is 14.9. The Morgan fingerprint density at radius 1 is 1.35 bits per heavy atom. The smallest absolute Gasteiger partial charge is 0.407 e. The number of carbonyl (C=O) groups is 1. The predicted molar refractivity (Wildman–Crippen MR) is 85.8 cm³/mol. The molecule has 0 unspecified atom stereocenters. The van der Waals surface area contributed by atoms with Gasteiger partial charge in [-0.3, -0.25) is 0 Å². The summed E-state index contributed by atoms with van der Waals surface area (Å²) < 4.78 is 10.5. The number of carbonyl (C=O) groups excluding carboxylic acids is 1. The molecular weight excluding hydrogens is 272 g/mol. The van der Waals surface area contributed by atoms with Gasteiger partial charge in [-0.25, -0.2) is 4.79 Å². The van der Waals surface area contributed by atoms with E-state index < -0.39 is 8.07 Å². The number of nitrogens with one attached hydrogen (secondary N) is 1. The molecule has 0 aromatic rings. The molecule has 0 bridgehead atoms. The lowest BCUT2D eigenvalue weighted by Crippen LogP contribution is -2.37. The molecule has 0 heterocycles. The molecule has 0 saturated carbocycles. The lowest BCUT2D eigenvalue weighted by Gasteiger charge is -2.26. The van der Waals surface area contributed by atoms with E-state index in [-0.39, 0.29) is 17.7 Å². The summed E-state index contributed by atoms with van der Waals surface area (Å²) in [5.74, 6) is 0. The quantitative estimate of drug-likeness (QED) is 0.642. The number of hydrogen-bond acceptors (Lipinski definition) is 4. The summed E-state index contributed by atoms with van der Waals surface area (Å²) in [6, 6.07) is 0.995. The molecular formula is C14H32N2O3Si. The highest BCUT2D eigenvalue weighted by Gasteiger charge is 2.20. The summed E-state index contributed by atoms with van der Waals surface area (Å²) in [4.78, 5) is 11.5. The number of ether oxygens (including phenoxy) is 2. The number of alkyl carbamates (subject to hydrolysis) is 1. The Morgan fingerprint density at radius 3 is 2.45 bits per heavy atom. The largest absolute Gasteiger partial charge is 0.450 e. The Labute approximate surface area is 124 Å². The Kier molecular flexibility index (Phi) is 8.38. The van der Waals surface area contributed by atoms with Gasteiger partial charge < -0.3 is 20.5 Å². The minimum absolute atomic E-state index is 0.00670. The molecule has 1 atom stereocenters. The molecule has 0 aliphatic heterocycles. The number of nitrogens with two attached hydrogens (primary N) is 1. The van der Waals surface area contributed by atoms with Crippen LogP contribution in [0.25, 0.3) is 0 Å². The molecule has 0 spiro atoms. The van der Waals surface area contributed by atoms with Crippen LogP contribution in [0, 0.1) is 0 Å². The second-order valence-electron chi connectivity index (χ2n) is 7.09. The van der Waals surface area contributed by atoms with Gasteiger partial charge in [0.25, 0.3) is 0 Å². The van der Waals surface area contributed by atoms with E-state index in [0.717, 1.165) is 18.9 Å². The second kappa shape index (κ2) is 8.64. The van der Waals surface area contributed by atoms with Crippen LogP contribution in [-0.4, -0.2) is 46.1 Å². The zero-order chi connectivity index (χ0) is 15.8. The van der Waals surface area contributed by atoms with Crippen molar-refractivity contribution in [2.45, 2.75) is 64.0 Å². The topological polar surface area (TPSA) is 73.6 Å². The molecule has 0 radical (unpaired) electrons. The molecule has 0 rings (SSSR count). The lowest BCUT2D eigenvalue weighted by molar-refractivity contribution is 0.00963. The van der Waals surface area contributed by atoms with E-state index in [1.54, 1.807) is 7.11 Å². The van der Waals surface area contributed by atoms with Gasteiger partial charge >= 0.3 is 6.09 Å². The summed E-state index contributed by atoms with van der Waals surface area (Å²) in [5.41, 5.74) is 5.79. The van der Waals surface area contributed by atoms with E-state index in [0.29, 0.717) is 13.2 Å². The standard InChI is InChI=1S/C14H32N2O3Si/c1-14(2,18-3)11-12(15)7-8-16-13(17)19-9-10-20(4,5)6/h12H,7-11,15H2,1-6H3,(H,16,17)/t12-/m0/s1. The van der Waals surface area contributed by atoms with E-state index in [9.17, 15) is 4.79 Å². The van der Waals surface area contributed by atoms with Gasteiger partial charge in [-0.2, -0.15) is 0 Å². The number of hydrogen-bond donors (Lipinski definition) is 2. The monoisotopic (exact) mass is 304 g/mol. The van der Waals surface area contributed by atoms with E-state index in [4.69, 9.17) is 15.2 Å². The Bertz CT molecular complexity index is 291. The average molecular weight is 305 g/mol. The van der Waals surface area contributed by atoms with Crippen molar-refractivity contribution in [1.82, 2.24) is 5.32 Å². The van der Waals surface area contributed by atoms with Crippen LogP contribution in [0.15, 0.2) is 0 Å². The van der Waals surface area contributed by atoms with E-state index in [2.05, 4.69) is 25.0 Å². The maximum absolute atomic E-state index is 11.5. The molecule has 3 N–H and O–H groups in total. The normalized spacial score (nSPS) is 13.9. The van der Waals surface area contributed by atoms with Gasteiger partial charge in [0.15, 0.2) is 0 Å². The van der Waals surface area contributed by atoms with E-state index in [1.807, 2.05) is 13.8 Å². The first-order valence-electron chi connectivity index (χ1n) is 7.27. The predicted octanol–water partition coefficient (Wildman–Crippen LogP) is 2.58. The maximum atomic E-state index is 11.5. The lowest BCUT2D eigenvalue weighted by atomic mass is 9.97. The summed E-state index contributed by atoms with van der Waals surface area (Å²) in [6.07, 6.45) is 1.13. The molecule has 20 heavy (non-hydrogen) atoms. The van der Waals surface area contributed by atoms with Gasteiger partial charge in [0.05, 0.1) is 12.2 Å². The number of methoxy groups -OCH3 is 1. The third-order valence-electron chi connectivity index (χ3n) is 3.18. The van der Waals surface area contributed by atoms with Crippen molar-refractivity contribution in [3.8, 4) is 0 Å². The summed E-state index contributed by atoms with van der Waals surface area (Å²) in [5, 5.41) is 2.74. The molecule has 0 aliphatic rings. The van der Waals surface area contributed by atoms with E-state index in [1.165, 1.54) is 0 Å². The van der Waals surface area contributed by atoms with Gasteiger partial charge in [-0.1, -0.05) is 19.6 Å². The minimum atomic E-state index is -1.14. The third kappa shape index (κ3) is 11.3. The second-order valence-corrected chi connectivity index (χ2v) is 12.7. The van der Waals surface area contributed by atoms with Crippen LogP contribution >= 0.6 is 0 Å². The van der Waals surface area contributed by atoms with E-state index >= 15 is 0 Å². The maximum Gasteiger partial charge on any atom is 0.407 e. The van der Waals surface area contributed by atoms with Crippen molar-refractivity contribution in [3.63, 3.8) is 0 Å². The Morgan fingerprint density at radius 2 is 1.95 bits per heavy atom. The van der Waals surface area contributed by atoms with Gasteiger partial charge in [0, 0.05) is 27.8 Å². The van der Waals surface area contributed by atoms with Crippen molar-refractivity contribution in [2.75, 3.05) is 20.3 Å². The zero-order valence-electron chi connectivity index (χ0n) is 13.9. The Balaban J connectivity index is 3.71. The first-order valence-corrected chi connectivity index (χ1v) is 11.0. The molecule has 0 aliphatic carbocycles. The number of rotatable bonds is 9. The van der Waals surface area contributed by atoms with Crippen LogP contribution < -0.4 is 11.1 Å². The molecule has 6 heteroatoms. The van der Waals surface area contributed by atoms with Gasteiger partial charge in [0.1, 0.15) is 0 Å². The molecule has 0 aromatic carbocycles. The van der Waals surface area contributed by atoms with Crippen molar-refractivity contribution >= 4 is 14.2 Å². The Hall–Kier alpha value is -0.593.